The molecule has 0 bridgehead atoms. The Bertz CT molecular complexity index is 694. The lowest BCUT2D eigenvalue weighted by Gasteiger charge is -2.15. The first-order valence-electron chi connectivity index (χ1n) is 7.68. The first kappa shape index (κ1) is 16.2. The van der Waals surface area contributed by atoms with Gasteiger partial charge in [-0.25, -0.2) is 0 Å². The van der Waals surface area contributed by atoms with Gasteiger partial charge >= 0.3 is 0 Å². The summed E-state index contributed by atoms with van der Waals surface area (Å²) in [6.45, 7) is 2.08. The molecule has 0 radical (unpaired) electrons. The van der Waals surface area contributed by atoms with Gasteiger partial charge in [0.15, 0.2) is 4.34 Å². The fraction of sp³-hybridized carbons (Fsp3) is 0.353. The van der Waals surface area contributed by atoms with Crippen LogP contribution in [0.25, 0.3) is 0 Å². The number of thioether (sulfide) groups is 1. The Labute approximate surface area is 144 Å². The van der Waals surface area contributed by atoms with Gasteiger partial charge in [-0.3, -0.25) is 4.79 Å². The maximum absolute atomic E-state index is 12.2. The Balaban J connectivity index is 1.52. The molecule has 1 aliphatic carbocycles. The van der Waals surface area contributed by atoms with Crippen LogP contribution in [0.4, 0.5) is 5.13 Å². The second-order valence-electron chi connectivity index (χ2n) is 5.62. The highest BCUT2D eigenvalue weighted by Gasteiger charge is 2.20. The fourth-order valence-electron chi connectivity index (χ4n) is 2.39. The van der Waals surface area contributed by atoms with E-state index in [-0.39, 0.29) is 11.8 Å². The van der Waals surface area contributed by atoms with E-state index in [1.54, 1.807) is 11.8 Å². The van der Waals surface area contributed by atoms with Crippen LogP contribution in [0.2, 0.25) is 0 Å². The van der Waals surface area contributed by atoms with Crippen LogP contribution in [-0.2, 0) is 10.5 Å². The third-order valence-electron chi connectivity index (χ3n) is 3.76. The number of hydrogen-bond acceptors (Lipinski definition) is 5. The number of amides is 1. The van der Waals surface area contributed by atoms with Gasteiger partial charge in [0.05, 0.1) is 0 Å². The van der Waals surface area contributed by atoms with E-state index in [0.717, 1.165) is 29.4 Å². The lowest BCUT2D eigenvalue weighted by Crippen LogP contribution is -2.23. The molecule has 6 heteroatoms. The molecular weight excluding hydrogens is 326 g/mol. The van der Waals surface area contributed by atoms with Crippen molar-refractivity contribution in [2.75, 3.05) is 5.32 Å². The number of carbonyl (C=O) groups excluding carboxylic acids is 1. The molecule has 1 heterocycles. The first-order valence-corrected chi connectivity index (χ1v) is 9.48. The van der Waals surface area contributed by atoms with Crippen LogP contribution in [-0.4, -0.2) is 16.1 Å². The summed E-state index contributed by atoms with van der Waals surface area (Å²) < 4.78 is 0.879. The highest BCUT2D eigenvalue weighted by Crippen LogP contribution is 2.29. The van der Waals surface area contributed by atoms with Gasteiger partial charge in [-0.05, 0) is 31.7 Å². The molecule has 0 unspecified atom stereocenters. The van der Waals surface area contributed by atoms with Crippen molar-refractivity contribution in [2.45, 2.75) is 36.3 Å². The largest absolute Gasteiger partial charge is 0.300 e. The predicted molar refractivity (Wildman–Crippen MR) is 95.8 cm³/mol. The minimum atomic E-state index is 0.0561. The second kappa shape index (κ2) is 7.75. The van der Waals surface area contributed by atoms with Gasteiger partial charge in [0, 0.05) is 11.7 Å². The predicted octanol–water partition coefficient (Wildman–Crippen LogP) is 4.43. The fourth-order valence-corrected chi connectivity index (χ4v) is 4.10. The number of anilines is 1. The number of nitrogens with zero attached hydrogens (tertiary/aromatic N) is 2. The number of aromatic nitrogens is 2. The van der Waals surface area contributed by atoms with Gasteiger partial charge in [0.1, 0.15) is 0 Å². The third-order valence-corrected chi connectivity index (χ3v) is 5.80. The molecule has 0 aliphatic heterocycles. The summed E-state index contributed by atoms with van der Waals surface area (Å²) >= 11 is 3.08. The van der Waals surface area contributed by atoms with E-state index >= 15 is 0 Å². The van der Waals surface area contributed by atoms with Crippen molar-refractivity contribution in [1.82, 2.24) is 10.2 Å². The van der Waals surface area contributed by atoms with Gasteiger partial charge in [-0.15, -0.1) is 10.2 Å². The van der Waals surface area contributed by atoms with Crippen LogP contribution in [0.15, 0.2) is 40.8 Å². The van der Waals surface area contributed by atoms with Crippen LogP contribution >= 0.6 is 23.1 Å². The quantitative estimate of drug-likeness (QED) is 0.495. The third kappa shape index (κ3) is 4.65. The van der Waals surface area contributed by atoms with Gasteiger partial charge < -0.3 is 5.32 Å². The highest BCUT2D eigenvalue weighted by atomic mass is 32.2. The summed E-state index contributed by atoms with van der Waals surface area (Å²) in [5.74, 6) is 0.976. The molecule has 4 nitrogen and oxygen atoms in total. The molecule has 1 N–H and O–H groups in total. The second-order valence-corrected chi connectivity index (χ2v) is 7.82. The maximum atomic E-state index is 12.2. The van der Waals surface area contributed by atoms with Crippen molar-refractivity contribution in [3.8, 4) is 0 Å². The van der Waals surface area contributed by atoms with Crippen molar-refractivity contribution >= 4 is 34.1 Å². The van der Waals surface area contributed by atoms with Crippen molar-refractivity contribution in [2.24, 2.45) is 5.92 Å². The minimum absolute atomic E-state index is 0.0561. The average Bonchev–Trinajstić information content (AvgIpc) is 3.02. The number of allylic oxidation sites excluding steroid dienone is 2. The minimum Gasteiger partial charge on any atom is -0.300 e. The molecule has 0 fully saturated rings. The molecule has 1 atom stereocenters. The van der Waals surface area contributed by atoms with Gasteiger partial charge in [-0.1, -0.05) is 65.1 Å². The summed E-state index contributed by atoms with van der Waals surface area (Å²) in [5, 5.41) is 11.7. The molecule has 0 saturated carbocycles. The molecular formula is C17H19N3OS2. The number of aryl methyl sites for hydroxylation is 1. The van der Waals surface area contributed by atoms with Crippen LogP contribution in [0, 0.1) is 12.8 Å². The number of benzene rings is 1. The number of rotatable bonds is 5. The maximum Gasteiger partial charge on any atom is 0.229 e. The molecule has 3 rings (SSSR count). The van der Waals surface area contributed by atoms with Crippen molar-refractivity contribution in [1.29, 1.82) is 0 Å². The van der Waals surface area contributed by atoms with E-state index in [2.05, 4.69) is 58.9 Å². The van der Waals surface area contributed by atoms with Crippen LogP contribution in [0.1, 0.15) is 30.4 Å². The highest BCUT2D eigenvalue weighted by molar-refractivity contribution is 8.00. The normalized spacial score (nSPS) is 17.2. The van der Waals surface area contributed by atoms with Crippen molar-refractivity contribution < 1.29 is 4.79 Å². The zero-order valence-corrected chi connectivity index (χ0v) is 14.6. The number of hydrogen-bond donors (Lipinski definition) is 1. The SMILES string of the molecule is Cc1ccc(CSc2nnc(NC(=O)[C@H]3CC=CCC3)s2)cc1. The molecule has 0 spiro atoms. The average molecular weight is 345 g/mol. The zero-order chi connectivity index (χ0) is 16.1. The van der Waals surface area contributed by atoms with Crippen LogP contribution in [0.5, 0.6) is 0 Å². The lowest BCUT2D eigenvalue weighted by atomic mass is 9.94. The van der Waals surface area contributed by atoms with E-state index < -0.39 is 0 Å². The van der Waals surface area contributed by atoms with Crippen molar-refractivity contribution in [3.63, 3.8) is 0 Å². The Hall–Kier alpha value is -1.66. The van der Waals surface area contributed by atoms with Crippen LogP contribution < -0.4 is 5.32 Å². The Morgan fingerprint density at radius 1 is 1.30 bits per heavy atom. The van der Waals surface area contributed by atoms with Gasteiger partial charge in [-0.2, -0.15) is 0 Å². The standard InChI is InChI=1S/C17H19N3OS2/c1-12-7-9-13(10-8-12)11-22-17-20-19-16(23-17)18-15(21)14-5-3-2-4-6-14/h2-3,7-10,14H,4-6,11H2,1H3,(H,18,19,21)/t14-/m0/s1. The Kier molecular flexibility index (Phi) is 5.46. The van der Waals surface area contributed by atoms with Gasteiger partial charge in [0.2, 0.25) is 11.0 Å². The monoisotopic (exact) mass is 345 g/mol. The Morgan fingerprint density at radius 2 is 2.13 bits per heavy atom. The smallest absolute Gasteiger partial charge is 0.229 e. The molecule has 2 aromatic rings. The topological polar surface area (TPSA) is 54.9 Å². The molecule has 1 amide bonds. The molecule has 120 valence electrons. The number of carbonyl (C=O) groups is 1. The van der Waals surface area contributed by atoms with E-state index in [1.165, 1.54) is 22.5 Å². The summed E-state index contributed by atoms with van der Waals surface area (Å²) in [6.07, 6.45) is 6.92. The van der Waals surface area contributed by atoms with E-state index in [9.17, 15) is 4.79 Å². The van der Waals surface area contributed by atoms with E-state index in [4.69, 9.17) is 0 Å². The molecule has 1 aromatic heterocycles. The lowest BCUT2D eigenvalue weighted by molar-refractivity contribution is -0.120. The number of nitrogens with one attached hydrogen (secondary N) is 1. The summed E-state index contributed by atoms with van der Waals surface area (Å²) in [4.78, 5) is 12.2. The van der Waals surface area contributed by atoms with E-state index in [0.29, 0.717) is 5.13 Å². The molecule has 1 aliphatic rings. The van der Waals surface area contributed by atoms with E-state index in [1.807, 2.05) is 0 Å². The zero-order valence-electron chi connectivity index (χ0n) is 13.0. The first-order chi connectivity index (χ1) is 11.2. The van der Waals surface area contributed by atoms with Crippen LogP contribution in [0.3, 0.4) is 0 Å². The van der Waals surface area contributed by atoms with Gasteiger partial charge in [0.25, 0.3) is 0 Å². The summed E-state index contributed by atoms with van der Waals surface area (Å²) in [7, 11) is 0. The molecule has 1 aromatic carbocycles. The Morgan fingerprint density at radius 3 is 2.87 bits per heavy atom. The summed E-state index contributed by atoms with van der Waals surface area (Å²) in [5.41, 5.74) is 2.52. The van der Waals surface area contributed by atoms with Crippen molar-refractivity contribution in [3.05, 3.63) is 47.5 Å². The summed E-state index contributed by atoms with van der Waals surface area (Å²) in [6, 6.07) is 8.48. The molecule has 23 heavy (non-hydrogen) atoms. The molecule has 0 saturated heterocycles.